The first-order valence-corrected chi connectivity index (χ1v) is 28.6. The minimum absolute atomic E-state index is 1.10. The molecule has 0 N–H and O–H groups in total. The van der Waals surface area contributed by atoms with Crippen molar-refractivity contribution >= 4 is 34.1 Å². The summed E-state index contributed by atoms with van der Waals surface area (Å²) >= 11 is 0. The van der Waals surface area contributed by atoms with E-state index < -0.39 is 0 Å². The molecule has 0 aromatic heterocycles. The van der Waals surface area contributed by atoms with Crippen LogP contribution in [0.1, 0.15) is 16.7 Å². The van der Waals surface area contributed by atoms with E-state index in [2.05, 4.69) is 352 Å². The van der Waals surface area contributed by atoms with Gasteiger partial charge in [0.05, 0.1) is 0 Å². The third-order valence-corrected chi connectivity index (χ3v) is 16.2. The van der Waals surface area contributed by atoms with E-state index in [1.807, 2.05) is 0 Å². The largest absolute Gasteiger partial charge is 0.311 e. The number of aryl methyl sites for hydroxylation is 2. The van der Waals surface area contributed by atoms with Crippen molar-refractivity contribution in [3.05, 3.63) is 338 Å². The number of nitrogens with zero attached hydrogens (tertiary/aromatic N) is 2. The maximum atomic E-state index is 2.35. The second-order valence-corrected chi connectivity index (χ2v) is 21.5. The minimum Gasteiger partial charge on any atom is -0.311 e. The molecule has 0 saturated carbocycles. The summed E-state index contributed by atoms with van der Waals surface area (Å²) in [6, 6.07) is 116. The lowest BCUT2D eigenvalue weighted by atomic mass is 9.85. The van der Waals surface area contributed by atoms with Gasteiger partial charge in [0.15, 0.2) is 0 Å². The molecule has 0 heterocycles. The van der Waals surface area contributed by atoms with Crippen LogP contribution in [0.3, 0.4) is 0 Å². The van der Waals surface area contributed by atoms with Crippen LogP contribution in [0.2, 0.25) is 0 Å². The van der Waals surface area contributed by atoms with Gasteiger partial charge in [0.1, 0.15) is 0 Å². The second-order valence-electron chi connectivity index (χ2n) is 21.5. The summed E-state index contributed by atoms with van der Waals surface area (Å²) in [5, 5.41) is 0. The van der Waals surface area contributed by atoms with Crippen molar-refractivity contribution in [1.82, 2.24) is 0 Å². The Labute approximate surface area is 489 Å². The molecule has 13 aromatic carbocycles. The summed E-state index contributed by atoms with van der Waals surface area (Å²) < 4.78 is 0. The highest BCUT2D eigenvalue weighted by molar-refractivity contribution is 5.87. The van der Waals surface area contributed by atoms with Gasteiger partial charge < -0.3 is 9.80 Å². The molecule has 0 bridgehead atoms. The van der Waals surface area contributed by atoms with E-state index in [0.717, 1.165) is 34.1 Å². The highest BCUT2D eigenvalue weighted by Crippen LogP contribution is 2.42. The van der Waals surface area contributed by atoms with Gasteiger partial charge in [-0.1, -0.05) is 249 Å². The lowest BCUT2D eigenvalue weighted by molar-refractivity contribution is 1.28. The van der Waals surface area contributed by atoms with Crippen molar-refractivity contribution in [3.8, 4) is 89.0 Å². The van der Waals surface area contributed by atoms with E-state index in [1.165, 1.54) is 106 Å². The summed E-state index contributed by atoms with van der Waals surface area (Å²) in [6.45, 7) is 6.78. The lowest BCUT2D eigenvalue weighted by Crippen LogP contribution is -2.09. The van der Waals surface area contributed by atoms with Gasteiger partial charge in [-0.2, -0.15) is 0 Å². The van der Waals surface area contributed by atoms with Gasteiger partial charge in [-0.15, -0.1) is 0 Å². The van der Waals surface area contributed by atoms with Gasteiger partial charge >= 0.3 is 0 Å². The van der Waals surface area contributed by atoms with Gasteiger partial charge in [0.25, 0.3) is 0 Å². The van der Waals surface area contributed by atoms with Gasteiger partial charge in [-0.3, -0.25) is 0 Å². The normalized spacial score (nSPS) is 11.1. The molecule has 2 heteroatoms. The van der Waals surface area contributed by atoms with Crippen LogP contribution in [-0.2, 0) is 0 Å². The number of hydrogen-bond acceptors (Lipinski definition) is 2. The highest BCUT2D eigenvalue weighted by atomic mass is 15.1. The van der Waals surface area contributed by atoms with Crippen molar-refractivity contribution < 1.29 is 0 Å². The van der Waals surface area contributed by atoms with Gasteiger partial charge in [0.2, 0.25) is 0 Å². The number of hydrogen-bond donors (Lipinski definition) is 0. The first kappa shape index (κ1) is 51.9. The number of anilines is 6. The van der Waals surface area contributed by atoms with Crippen LogP contribution in [0, 0.1) is 20.8 Å². The fourth-order valence-electron chi connectivity index (χ4n) is 12.0. The fraction of sp³-hybridized carbons (Fsp3) is 0.0370. The topological polar surface area (TPSA) is 6.48 Å². The molecule has 0 atom stereocenters. The molecule has 0 unspecified atom stereocenters. The van der Waals surface area contributed by atoms with Crippen LogP contribution < -0.4 is 9.80 Å². The third-order valence-electron chi connectivity index (χ3n) is 16.2. The Morgan fingerprint density at radius 3 is 0.518 bits per heavy atom. The van der Waals surface area contributed by atoms with Crippen molar-refractivity contribution in [2.24, 2.45) is 0 Å². The van der Waals surface area contributed by atoms with Gasteiger partial charge in [0, 0.05) is 34.1 Å². The Kier molecular flexibility index (Phi) is 14.5. The molecule has 0 radical (unpaired) electrons. The summed E-state index contributed by atoms with van der Waals surface area (Å²) in [5.41, 5.74) is 29.8. The van der Waals surface area contributed by atoms with Crippen LogP contribution >= 0.6 is 0 Å². The first-order chi connectivity index (χ1) is 40.9. The van der Waals surface area contributed by atoms with E-state index in [-0.39, 0.29) is 0 Å². The van der Waals surface area contributed by atoms with Crippen molar-refractivity contribution in [1.29, 1.82) is 0 Å². The standard InChI is InChI=1S/C81H62N2/c1-57-56-58(2)81(73-30-26-65(27-31-73)71-42-54-79(55-43-71)83(76-48-36-68(37-49-76)62-20-12-6-13-21-62)77-50-38-69(39-51-77)63-22-14-7-15-23-63)59(3)80(57)72-28-24-64(25-29-72)70-40-52-78(53-41-70)82(74-44-32-66(33-45-74)60-16-8-4-9-17-60)75-46-34-67(35-47-75)61-18-10-5-11-19-61/h4-56H,1-3H3. The third kappa shape index (κ3) is 10.9. The summed E-state index contributed by atoms with van der Waals surface area (Å²) in [6.07, 6.45) is 0. The van der Waals surface area contributed by atoms with Gasteiger partial charge in [-0.25, -0.2) is 0 Å². The zero-order valence-corrected chi connectivity index (χ0v) is 47.0. The van der Waals surface area contributed by atoms with E-state index in [4.69, 9.17) is 0 Å². The highest BCUT2D eigenvalue weighted by Gasteiger charge is 2.19. The summed E-state index contributed by atoms with van der Waals surface area (Å²) in [5.74, 6) is 0. The predicted octanol–water partition coefficient (Wildman–Crippen LogP) is 22.9. The molecule has 396 valence electrons. The minimum atomic E-state index is 1.10. The maximum Gasteiger partial charge on any atom is 0.0462 e. The van der Waals surface area contributed by atoms with E-state index in [0.29, 0.717) is 0 Å². The van der Waals surface area contributed by atoms with E-state index >= 15 is 0 Å². The first-order valence-electron chi connectivity index (χ1n) is 28.6. The SMILES string of the molecule is Cc1cc(C)c(-c2ccc(-c3ccc(N(c4ccc(-c5ccccc5)cc4)c4ccc(-c5ccccc5)cc4)cc3)cc2)c(C)c1-c1ccc(-c2ccc(N(c3ccc(-c4ccccc4)cc3)c3ccc(-c4ccccc4)cc3)cc2)cc1. The van der Waals surface area contributed by atoms with Crippen LogP contribution in [-0.4, -0.2) is 0 Å². The molecule has 0 aliphatic carbocycles. The molecule has 0 fully saturated rings. The van der Waals surface area contributed by atoms with Crippen LogP contribution in [0.15, 0.2) is 322 Å². The molecule has 0 aliphatic rings. The summed E-state index contributed by atoms with van der Waals surface area (Å²) in [4.78, 5) is 4.69. The Morgan fingerprint density at radius 1 is 0.169 bits per heavy atom. The zero-order valence-electron chi connectivity index (χ0n) is 47.0. The quantitative estimate of drug-likeness (QED) is 0.107. The smallest absolute Gasteiger partial charge is 0.0462 e. The van der Waals surface area contributed by atoms with Crippen molar-refractivity contribution in [3.63, 3.8) is 0 Å². The molecule has 2 nitrogen and oxygen atoms in total. The summed E-state index contributed by atoms with van der Waals surface area (Å²) in [7, 11) is 0. The number of rotatable bonds is 14. The molecular formula is C81H62N2. The van der Waals surface area contributed by atoms with Crippen LogP contribution in [0.25, 0.3) is 89.0 Å². The lowest BCUT2D eigenvalue weighted by Gasteiger charge is -2.26. The molecule has 13 rings (SSSR count). The Morgan fingerprint density at radius 2 is 0.325 bits per heavy atom. The van der Waals surface area contributed by atoms with Crippen LogP contribution in [0.5, 0.6) is 0 Å². The Balaban J connectivity index is 0.746. The Hall–Kier alpha value is -10.5. The molecule has 0 saturated heterocycles. The van der Waals surface area contributed by atoms with Crippen LogP contribution in [0.4, 0.5) is 34.1 Å². The van der Waals surface area contributed by atoms with E-state index in [9.17, 15) is 0 Å². The maximum absolute atomic E-state index is 2.35. The molecule has 13 aromatic rings. The zero-order chi connectivity index (χ0) is 56.1. The molecule has 0 aliphatic heterocycles. The van der Waals surface area contributed by atoms with E-state index in [1.54, 1.807) is 0 Å². The molecule has 83 heavy (non-hydrogen) atoms. The second kappa shape index (κ2) is 23.3. The average molecular weight is 1060 g/mol. The van der Waals surface area contributed by atoms with Crippen molar-refractivity contribution in [2.45, 2.75) is 20.8 Å². The fourth-order valence-corrected chi connectivity index (χ4v) is 12.0. The molecule has 0 amide bonds. The molecular weight excluding hydrogens is 1000 g/mol. The number of benzene rings is 13. The monoisotopic (exact) mass is 1060 g/mol. The average Bonchev–Trinajstić information content (AvgIpc) is 3.75. The molecule has 0 spiro atoms. The van der Waals surface area contributed by atoms with Crippen molar-refractivity contribution in [2.75, 3.05) is 9.80 Å². The Bertz CT molecular complexity index is 3830. The predicted molar refractivity (Wildman–Crippen MR) is 354 cm³/mol. The van der Waals surface area contributed by atoms with Gasteiger partial charge in [-0.05, 0) is 199 Å².